The summed E-state index contributed by atoms with van der Waals surface area (Å²) in [4.78, 5) is 154. The molecular formula is C97H166N16O20. The number of amides is 13. The van der Waals surface area contributed by atoms with E-state index in [0.717, 1.165) is 63.5 Å². The minimum absolute atomic E-state index is 0.0625. The van der Waals surface area contributed by atoms with Crippen LogP contribution in [0.3, 0.4) is 0 Å². The first-order valence-corrected chi connectivity index (χ1v) is 48.0. The van der Waals surface area contributed by atoms with Crippen molar-refractivity contribution in [2.45, 2.75) is 299 Å². The van der Waals surface area contributed by atoms with Crippen molar-refractivity contribution in [1.29, 1.82) is 0 Å². The second-order valence-corrected chi connectivity index (χ2v) is 41.9. The Kier molecular flexibility index (Phi) is 52.3. The maximum Gasteiger partial charge on any atom is 0.407 e. The van der Waals surface area contributed by atoms with Gasteiger partial charge in [0.05, 0.1) is 148 Å². The molecule has 0 aliphatic carbocycles. The summed E-state index contributed by atoms with van der Waals surface area (Å²) < 4.78 is 47.3. The second-order valence-electron chi connectivity index (χ2n) is 41.9. The summed E-state index contributed by atoms with van der Waals surface area (Å²) >= 11 is 0. The van der Waals surface area contributed by atoms with Gasteiger partial charge in [-0.25, -0.2) is 19.1 Å². The Bertz CT molecular complexity index is 4000. The molecule has 0 radical (unpaired) electrons. The van der Waals surface area contributed by atoms with Crippen LogP contribution in [0.1, 0.15) is 277 Å². The van der Waals surface area contributed by atoms with Crippen molar-refractivity contribution < 1.29 is 95.4 Å². The molecule has 36 heteroatoms. The van der Waals surface area contributed by atoms with Gasteiger partial charge in [-0.2, -0.15) is 0 Å². The lowest BCUT2D eigenvalue weighted by Gasteiger charge is -2.25. The molecule has 13 amide bonds. The van der Waals surface area contributed by atoms with E-state index in [4.69, 9.17) is 43.6 Å². The molecule has 754 valence electrons. The normalized spacial score (nSPS) is 16.1. The number of Topliss-reactive ketones (excluding diaryl/α,β-unsaturated/α-hetero) is 1. The lowest BCUT2D eigenvalue weighted by atomic mass is 9.80. The average molecular weight is 1880 g/mol. The summed E-state index contributed by atoms with van der Waals surface area (Å²) in [6, 6.07) is 5.20. The summed E-state index contributed by atoms with van der Waals surface area (Å²) in [5.74, 6) is -3.59. The highest BCUT2D eigenvalue weighted by Crippen LogP contribution is 2.39. The summed E-state index contributed by atoms with van der Waals surface area (Å²) in [6.45, 7) is 51.8. The van der Waals surface area contributed by atoms with Crippen LogP contribution in [0.5, 0.6) is 0 Å². The van der Waals surface area contributed by atoms with Crippen LogP contribution in [-0.2, 0) is 114 Å². The SMILES string of the molecule is CC(C)(C)CCCCNC(=O)NCCOCCOCCOCCOCCOCCOCCOCCn1cc(CN2C(=O)CC(C(C)(C)C)C2=O)nn1.CC(C)(C)CCCCn1cc(CN2C(=O)CC(C(C)(C)C)C2=O)nn1.CC(C)[C@H](NC(=O)CCCCCN1C(=O)CC(C(C)(C)C)C1=O)C(=O)C[C@@H](CCCNC(N)=O)C(=O)Nc1ccc(COC(=O)NCCCCC(C)(C)C)cc1. The zero-order chi connectivity index (χ0) is 99.0. The molecular weight excluding hydrogens is 1710 g/mol. The first-order chi connectivity index (χ1) is 62.5. The number of nitrogens with zero attached hydrogens (tertiary/aromatic N) is 9. The van der Waals surface area contributed by atoms with Gasteiger partial charge in [0, 0.05) is 83.0 Å². The number of unbranched alkanes of at least 4 members (excludes halogenated alkanes) is 5. The fourth-order valence-corrected chi connectivity index (χ4v) is 14.8. The van der Waals surface area contributed by atoms with E-state index >= 15 is 0 Å². The number of rotatable bonds is 59. The van der Waals surface area contributed by atoms with Gasteiger partial charge in [0.1, 0.15) is 18.0 Å². The molecule has 3 saturated heterocycles. The van der Waals surface area contributed by atoms with Crippen LogP contribution in [0, 0.1) is 62.1 Å². The number of carbonyl (C=O) groups excluding carboxylic acids is 12. The quantitative estimate of drug-likeness (QED) is 0.0204. The van der Waals surface area contributed by atoms with E-state index in [0.29, 0.717) is 185 Å². The van der Waals surface area contributed by atoms with Crippen LogP contribution in [-0.4, -0.2) is 247 Å². The first kappa shape index (κ1) is 116. The monoisotopic (exact) mass is 1880 g/mol. The molecule has 5 heterocycles. The molecule has 3 aliphatic heterocycles. The molecule has 3 aromatic rings. The minimum Gasteiger partial charge on any atom is -0.445 e. The topological polar surface area (TPSA) is 448 Å². The number of nitrogens with two attached hydrogens (primary N) is 1. The number of aromatic nitrogens is 6. The maximum atomic E-state index is 13.6. The molecule has 6 rings (SSSR count). The number of alkyl carbamates (subject to hydrolysis) is 1. The van der Waals surface area contributed by atoms with Gasteiger partial charge >= 0.3 is 18.2 Å². The summed E-state index contributed by atoms with van der Waals surface area (Å²) in [6.07, 6.45) is 15.9. The Labute approximate surface area is 791 Å². The van der Waals surface area contributed by atoms with Crippen LogP contribution in [0.4, 0.5) is 20.1 Å². The first-order valence-electron chi connectivity index (χ1n) is 48.0. The fourth-order valence-electron chi connectivity index (χ4n) is 14.8. The van der Waals surface area contributed by atoms with Gasteiger partial charge < -0.3 is 75.5 Å². The number of carbonyl (C=O) groups is 12. The molecule has 0 spiro atoms. The Morgan fingerprint density at radius 2 is 0.842 bits per heavy atom. The number of imide groups is 3. The largest absolute Gasteiger partial charge is 0.445 e. The predicted molar refractivity (Wildman–Crippen MR) is 506 cm³/mol. The van der Waals surface area contributed by atoms with E-state index in [-0.39, 0.29) is 163 Å². The third-order valence-electron chi connectivity index (χ3n) is 22.8. The summed E-state index contributed by atoms with van der Waals surface area (Å²) in [5, 5.41) is 33.1. The standard InChI is InChI=1S/C42H68N6O8.C36H66N6O10.C19H32N4O2/c1-28(2)36(47-34(50)16-10-9-13-24-48-35(51)26-32(38(48)53)42(6,7)8)33(49)25-30(15-14-23-44-39(43)54)37(52)46-31-19-17-29(18-20-31)27-56-40(55)45-22-12-11-21-41(3,4)5;1-35(2,3)9-7-8-10-37-34(45)38-11-13-46-15-17-48-19-21-50-23-25-52-26-24-51-22-20-49-18-16-47-14-12-41-28-30(39-40-41)29-42-32(43)27-31(33(42)44)36(4,5)6;1-18(2,3)9-7-8-10-22-12-14(20-21-22)13-23-16(24)11-15(17(23)25)19(4,5)6/h17-20,28,30,32,36H,9-16,21-27H2,1-8H3,(H,45,55)(H,46,52)(H,47,50)(H3,43,44,54);28,31H,7-27,29H2,1-6H3,(H2,37,38,45);12,15H,7-11,13H2,1-6H3/t30-,32?,36+;;/m1../s1. The number of ether oxygens (including phenoxy) is 8. The summed E-state index contributed by atoms with van der Waals surface area (Å²) in [7, 11) is 0. The second kappa shape index (κ2) is 59.8. The molecule has 3 unspecified atom stereocenters. The number of aryl methyl sites for hydroxylation is 1. The number of ketones is 1. The Morgan fingerprint density at radius 1 is 0.444 bits per heavy atom. The van der Waals surface area contributed by atoms with Gasteiger partial charge in [-0.15, -0.1) is 10.2 Å². The zero-order valence-corrected chi connectivity index (χ0v) is 84.1. The number of anilines is 1. The van der Waals surface area contributed by atoms with Gasteiger partial charge in [0.15, 0.2) is 5.78 Å². The van der Waals surface area contributed by atoms with Crippen molar-refractivity contribution in [1.82, 2.24) is 71.3 Å². The van der Waals surface area contributed by atoms with Crippen molar-refractivity contribution in [2.24, 2.45) is 67.8 Å². The van der Waals surface area contributed by atoms with E-state index in [1.165, 1.54) is 21.1 Å². The Balaban J connectivity index is 0.000000445. The zero-order valence-electron chi connectivity index (χ0n) is 84.1. The van der Waals surface area contributed by atoms with Crippen molar-refractivity contribution >= 4 is 76.9 Å². The molecule has 5 atom stereocenters. The van der Waals surface area contributed by atoms with E-state index in [9.17, 15) is 57.5 Å². The van der Waals surface area contributed by atoms with Crippen molar-refractivity contribution in [3.05, 3.63) is 53.6 Å². The third-order valence-corrected chi connectivity index (χ3v) is 22.8. The van der Waals surface area contributed by atoms with E-state index in [1.54, 1.807) is 35.1 Å². The third kappa shape index (κ3) is 49.9. The number of primary amides is 1. The number of urea groups is 2. The van der Waals surface area contributed by atoms with Crippen LogP contribution in [0.25, 0.3) is 0 Å². The molecule has 133 heavy (non-hydrogen) atoms. The van der Waals surface area contributed by atoms with Crippen molar-refractivity contribution in [3.63, 3.8) is 0 Å². The van der Waals surface area contributed by atoms with Crippen LogP contribution in [0.2, 0.25) is 0 Å². The number of hydrogen-bond acceptors (Lipinski definition) is 24. The number of benzene rings is 1. The molecule has 3 fully saturated rings. The number of hydrogen-bond donors (Lipinski definition) is 7. The lowest BCUT2D eigenvalue weighted by molar-refractivity contribution is -0.142. The van der Waals surface area contributed by atoms with Crippen LogP contribution >= 0.6 is 0 Å². The molecule has 3 aliphatic rings. The van der Waals surface area contributed by atoms with Crippen LogP contribution < -0.4 is 37.6 Å². The smallest absolute Gasteiger partial charge is 0.407 e. The molecule has 2 aromatic heterocycles. The van der Waals surface area contributed by atoms with Crippen molar-refractivity contribution in [3.8, 4) is 0 Å². The maximum absolute atomic E-state index is 13.6. The molecule has 0 bridgehead atoms. The van der Waals surface area contributed by atoms with E-state index in [1.807, 2.05) is 87.0 Å². The number of nitrogens with one attached hydrogen (secondary N) is 6. The Morgan fingerprint density at radius 3 is 1.28 bits per heavy atom. The summed E-state index contributed by atoms with van der Waals surface area (Å²) in [5.41, 5.74) is 7.86. The van der Waals surface area contributed by atoms with Gasteiger partial charge in [-0.1, -0.05) is 187 Å². The highest BCUT2D eigenvalue weighted by molar-refractivity contribution is 6.05. The molecule has 8 N–H and O–H groups in total. The van der Waals surface area contributed by atoms with E-state index < -0.39 is 24.1 Å². The van der Waals surface area contributed by atoms with Gasteiger partial charge in [0.25, 0.3) is 0 Å². The molecule has 1 aromatic carbocycles. The molecule has 36 nitrogen and oxygen atoms in total. The average Bonchev–Trinajstić information content (AvgIpc) is 1.65. The minimum atomic E-state index is -0.810. The van der Waals surface area contributed by atoms with Gasteiger partial charge in [0.2, 0.25) is 47.3 Å². The predicted octanol–water partition coefficient (Wildman–Crippen LogP) is 12.5. The highest BCUT2D eigenvalue weighted by Gasteiger charge is 2.47. The molecule has 0 saturated carbocycles. The Hall–Kier alpha value is -8.94. The van der Waals surface area contributed by atoms with E-state index in [2.05, 4.69) is 115 Å². The van der Waals surface area contributed by atoms with Gasteiger partial charge in [-0.05, 0) is 120 Å². The fraction of sp³-hybridized carbons (Fsp3) is 0.773. The van der Waals surface area contributed by atoms with Gasteiger partial charge in [-0.3, -0.25) is 62.5 Å². The lowest BCUT2D eigenvalue weighted by Crippen LogP contribution is -2.45. The highest BCUT2D eigenvalue weighted by atomic mass is 16.6. The number of likely N-dealkylation sites (tertiary alicyclic amines) is 3. The van der Waals surface area contributed by atoms with Crippen molar-refractivity contribution in [2.75, 3.05) is 131 Å². The van der Waals surface area contributed by atoms with Crippen LogP contribution in [0.15, 0.2) is 36.7 Å².